The van der Waals surface area contributed by atoms with Crippen LogP contribution in [0.2, 0.25) is 0 Å². The van der Waals surface area contributed by atoms with E-state index in [2.05, 4.69) is 29.6 Å². The van der Waals surface area contributed by atoms with Gasteiger partial charge in [-0.1, -0.05) is 42.5 Å². The average Bonchev–Trinajstić information content (AvgIpc) is 3.49. The summed E-state index contributed by atoms with van der Waals surface area (Å²) in [6.45, 7) is 1.75. The number of carbonyl (C=O) groups is 1. The minimum absolute atomic E-state index is 0.0294. The minimum atomic E-state index is -1.04. The van der Waals surface area contributed by atoms with Crippen LogP contribution in [0.4, 0.5) is 0 Å². The second-order valence-corrected chi connectivity index (χ2v) is 11.7. The molecule has 1 aliphatic heterocycles. The van der Waals surface area contributed by atoms with Gasteiger partial charge in [0, 0.05) is 5.92 Å². The number of ketones is 1. The highest BCUT2D eigenvalue weighted by Gasteiger charge is 2.62. The highest BCUT2D eigenvalue weighted by Crippen LogP contribution is 2.65. The van der Waals surface area contributed by atoms with Crippen molar-refractivity contribution in [2.75, 3.05) is 14.2 Å². The second kappa shape index (κ2) is 9.50. The van der Waals surface area contributed by atoms with Gasteiger partial charge in [-0.2, -0.15) is 0 Å². The number of ether oxygens (including phenoxy) is 3. The molecule has 1 spiro atoms. The zero-order valence-corrected chi connectivity index (χ0v) is 22.9. The quantitative estimate of drug-likeness (QED) is 0.459. The predicted molar refractivity (Wildman–Crippen MR) is 151 cm³/mol. The number of likely N-dealkylation sites (N-methyl/N-ethyl adjacent to an activating group) is 1. The third-order valence-corrected chi connectivity index (χ3v) is 9.86. The number of hydrogen-bond donors (Lipinski definition) is 3. The summed E-state index contributed by atoms with van der Waals surface area (Å²) < 4.78 is 18.6. The molecule has 3 aromatic carbocycles. The largest absolute Gasteiger partial charge is 0.497 e. The molecule has 3 aliphatic carbocycles. The number of rotatable bonds is 4. The van der Waals surface area contributed by atoms with E-state index in [9.17, 15) is 15.0 Å². The maximum atomic E-state index is 14.0. The number of benzene rings is 3. The number of aliphatic hydroxyl groups is 2. The zero-order valence-electron chi connectivity index (χ0n) is 22.9. The van der Waals surface area contributed by atoms with E-state index >= 15 is 0 Å². The Morgan fingerprint density at radius 1 is 1.00 bits per heavy atom. The van der Waals surface area contributed by atoms with Crippen LogP contribution in [-0.4, -0.2) is 60.8 Å². The number of allylic oxidation sites excluding steroid dienone is 1. The van der Waals surface area contributed by atoms with E-state index in [0.29, 0.717) is 6.42 Å². The molecule has 7 rings (SSSR count). The number of fused-ring (bicyclic) bond motifs is 7. The zero-order chi connectivity index (χ0) is 27.8. The number of nitrogens with one attached hydrogen (secondary N) is 1. The lowest BCUT2D eigenvalue weighted by Gasteiger charge is -2.43. The highest BCUT2D eigenvalue weighted by molar-refractivity contribution is 6.06. The Kier molecular flexibility index (Phi) is 6.14. The maximum absolute atomic E-state index is 14.0. The molecule has 0 amide bonds. The number of methoxy groups -OCH3 is 1. The minimum Gasteiger partial charge on any atom is -0.497 e. The monoisotopic (exact) mass is 541 g/mol. The molecule has 0 unspecified atom stereocenters. The summed E-state index contributed by atoms with van der Waals surface area (Å²) in [6.07, 6.45) is 1.42. The van der Waals surface area contributed by atoms with Gasteiger partial charge in [-0.25, -0.2) is 0 Å². The molecule has 208 valence electrons. The van der Waals surface area contributed by atoms with Gasteiger partial charge in [0.1, 0.15) is 18.0 Å². The molecule has 0 aromatic heterocycles. The van der Waals surface area contributed by atoms with E-state index in [4.69, 9.17) is 14.2 Å². The number of aliphatic hydroxyl groups excluding tert-OH is 2. The number of carbonyl (C=O) groups excluding carboxylic acids is 1. The van der Waals surface area contributed by atoms with Gasteiger partial charge in [0.25, 0.3) is 0 Å². The third kappa shape index (κ3) is 3.58. The van der Waals surface area contributed by atoms with Crippen molar-refractivity contribution in [3.63, 3.8) is 0 Å². The van der Waals surface area contributed by atoms with E-state index < -0.39 is 36.1 Å². The van der Waals surface area contributed by atoms with Crippen molar-refractivity contribution in [2.24, 2.45) is 5.92 Å². The standard InChI is InChI=1S/C33H35NO6/c1-17-29(36)30(37)28(34-2)32(39-17)40-31-22-12-13-33(25-16-21(38-3)10-8-18(25)9-11-26(33)35)27(22)23-14-19-6-4-5-7-20(19)15-24(23)31/h4-11,14-17,22,27-32,34,36-37H,12-13H2,1-3H3/t17-,22+,27-,28-,29+,30-,31-,32-,33+/m1/s1. The van der Waals surface area contributed by atoms with Crippen molar-refractivity contribution in [3.8, 4) is 5.75 Å². The Balaban J connectivity index is 1.38. The molecule has 1 saturated carbocycles. The smallest absolute Gasteiger partial charge is 0.176 e. The summed E-state index contributed by atoms with van der Waals surface area (Å²) in [4.78, 5) is 14.0. The van der Waals surface area contributed by atoms with E-state index in [-0.39, 0.29) is 23.7 Å². The summed E-state index contributed by atoms with van der Waals surface area (Å²) in [5.74, 6) is 0.796. The molecule has 7 nitrogen and oxygen atoms in total. The van der Waals surface area contributed by atoms with Crippen molar-refractivity contribution < 1.29 is 29.2 Å². The first-order valence-corrected chi connectivity index (χ1v) is 14.2. The van der Waals surface area contributed by atoms with E-state index in [1.54, 1.807) is 27.2 Å². The van der Waals surface area contributed by atoms with Crippen LogP contribution in [-0.2, 0) is 19.7 Å². The third-order valence-electron chi connectivity index (χ3n) is 9.86. The van der Waals surface area contributed by atoms with Crippen molar-refractivity contribution >= 4 is 22.6 Å². The molecular formula is C33H35NO6. The van der Waals surface area contributed by atoms with Gasteiger partial charge in [-0.15, -0.1) is 0 Å². The Labute approximate surface area is 233 Å². The van der Waals surface area contributed by atoms with Gasteiger partial charge in [-0.3, -0.25) is 4.79 Å². The van der Waals surface area contributed by atoms with Crippen LogP contribution in [0.15, 0.2) is 60.7 Å². The molecule has 1 saturated heterocycles. The fraction of sp³-hybridized carbons (Fsp3) is 0.424. The summed E-state index contributed by atoms with van der Waals surface area (Å²) in [7, 11) is 3.39. The molecule has 0 radical (unpaired) electrons. The normalized spacial score (nSPS) is 36.1. The van der Waals surface area contributed by atoms with Crippen LogP contribution in [0.5, 0.6) is 5.75 Å². The first-order valence-electron chi connectivity index (χ1n) is 14.2. The molecule has 0 bridgehead atoms. The first kappa shape index (κ1) is 25.9. The van der Waals surface area contributed by atoms with Crippen molar-refractivity contribution in [1.82, 2.24) is 5.32 Å². The molecule has 9 atom stereocenters. The molecule has 3 N–H and O–H groups in total. The van der Waals surface area contributed by atoms with Gasteiger partial charge in [0.15, 0.2) is 12.1 Å². The van der Waals surface area contributed by atoms with Gasteiger partial charge in [-0.05, 0) is 90.0 Å². The van der Waals surface area contributed by atoms with Gasteiger partial charge in [0.05, 0.1) is 30.8 Å². The lowest BCUT2D eigenvalue weighted by Crippen LogP contribution is -2.62. The van der Waals surface area contributed by atoms with Crippen LogP contribution in [0, 0.1) is 5.92 Å². The summed E-state index contributed by atoms with van der Waals surface area (Å²) in [5, 5.41) is 26.6. The van der Waals surface area contributed by atoms with Crippen LogP contribution in [0.25, 0.3) is 16.8 Å². The fourth-order valence-electron chi connectivity index (χ4n) is 7.92. The maximum Gasteiger partial charge on any atom is 0.176 e. The van der Waals surface area contributed by atoms with Crippen LogP contribution in [0.3, 0.4) is 0 Å². The molecular weight excluding hydrogens is 506 g/mol. The Morgan fingerprint density at radius 3 is 2.48 bits per heavy atom. The molecule has 1 heterocycles. The summed E-state index contributed by atoms with van der Waals surface area (Å²) in [5.41, 5.74) is 3.53. The van der Waals surface area contributed by atoms with Crippen LogP contribution < -0.4 is 10.1 Å². The van der Waals surface area contributed by atoms with Crippen LogP contribution in [0.1, 0.15) is 54.0 Å². The fourth-order valence-corrected chi connectivity index (χ4v) is 7.92. The SMILES string of the molecule is CN[C@H]1[C@@H](O[C@H]2c3cc4ccccc4cc3[C@H]3[C@@H]2CC[C@]32C(=O)C=Cc3ccc(OC)cc32)O[C@H](C)[C@H](O)[C@@H]1O. The molecule has 4 aliphatic rings. The Morgan fingerprint density at radius 2 is 1.75 bits per heavy atom. The summed E-state index contributed by atoms with van der Waals surface area (Å²) in [6, 6.07) is 18.1. The van der Waals surface area contributed by atoms with Gasteiger partial charge >= 0.3 is 0 Å². The van der Waals surface area contributed by atoms with Crippen LogP contribution >= 0.6 is 0 Å². The van der Waals surface area contributed by atoms with E-state index in [0.717, 1.165) is 45.2 Å². The Hall–Kier alpha value is -3.07. The molecule has 7 heteroatoms. The first-order chi connectivity index (χ1) is 19.4. The second-order valence-electron chi connectivity index (χ2n) is 11.7. The Bertz CT molecular complexity index is 1520. The van der Waals surface area contributed by atoms with E-state index in [1.165, 1.54) is 0 Å². The lowest BCUT2D eigenvalue weighted by molar-refractivity contribution is -0.278. The van der Waals surface area contributed by atoms with Crippen molar-refractivity contribution in [2.45, 2.75) is 67.8 Å². The molecule has 40 heavy (non-hydrogen) atoms. The molecule has 3 aromatic rings. The van der Waals surface area contributed by atoms with Gasteiger partial charge in [0.2, 0.25) is 0 Å². The van der Waals surface area contributed by atoms with Gasteiger partial charge < -0.3 is 29.7 Å². The van der Waals surface area contributed by atoms with Crippen molar-refractivity contribution in [1.29, 1.82) is 0 Å². The predicted octanol–water partition coefficient (Wildman–Crippen LogP) is 4.00. The highest BCUT2D eigenvalue weighted by atomic mass is 16.7. The topological polar surface area (TPSA) is 97.3 Å². The van der Waals surface area contributed by atoms with E-state index in [1.807, 2.05) is 36.4 Å². The molecule has 2 fully saturated rings. The summed E-state index contributed by atoms with van der Waals surface area (Å²) >= 11 is 0. The lowest BCUT2D eigenvalue weighted by atomic mass is 9.63. The van der Waals surface area contributed by atoms with Crippen molar-refractivity contribution in [3.05, 3.63) is 82.9 Å². The average molecular weight is 542 g/mol. The number of hydrogen-bond acceptors (Lipinski definition) is 7.